The van der Waals surface area contributed by atoms with E-state index in [1.807, 2.05) is 0 Å². The van der Waals surface area contributed by atoms with E-state index in [4.69, 9.17) is 8.85 Å². The molecule has 1 aliphatic heterocycles. The van der Waals surface area contributed by atoms with Gasteiger partial charge in [0.1, 0.15) is 0 Å². The van der Waals surface area contributed by atoms with E-state index in [2.05, 4.69) is 0 Å². The Morgan fingerprint density at radius 1 is 0.818 bits per heavy atom. The third-order valence-corrected chi connectivity index (χ3v) is 6.33. The van der Waals surface area contributed by atoms with Gasteiger partial charge in [-0.05, 0) is 12.1 Å². The first-order valence-electron chi connectivity index (χ1n) is 4.43. The summed E-state index contributed by atoms with van der Waals surface area (Å²) in [4.78, 5) is 0. The molecule has 1 heterocycles. The SMILES string of the molecule is CO[Si]1(OC)CCCCCC1. The van der Waals surface area contributed by atoms with Crippen LogP contribution in [-0.4, -0.2) is 22.8 Å². The molecule has 0 N–H and O–H groups in total. The molecule has 11 heavy (non-hydrogen) atoms. The largest absolute Gasteiger partial charge is 0.398 e. The first kappa shape index (κ1) is 9.23. The molecule has 1 aliphatic rings. The molecule has 0 aromatic carbocycles. The van der Waals surface area contributed by atoms with Crippen LogP contribution in [0.3, 0.4) is 0 Å². The van der Waals surface area contributed by atoms with Crippen molar-refractivity contribution < 1.29 is 8.85 Å². The number of hydrogen-bond donors (Lipinski definition) is 0. The lowest BCUT2D eigenvalue weighted by molar-refractivity contribution is 0.242. The van der Waals surface area contributed by atoms with E-state index in [1.165, 1.54) is 37.8 Å². The molecule has 0 amide bonds. The summed E-state index contributed by atoms with van der Waals surface area (Å²) in [6.45, 7) is 0. The molecule has 2 nitrogen and oxygen atoms in total. The summed E-state index contributed by atoms with van der Waals surface area (Å²) in [5.74, 6) is 0. The van der Waals surface area contributed by atoms with Crippen molar-refractivity contribution in [3.8, 4) is 0 Å². The van der Waals surface area contributed by atoms with E-state index < -0.39 is 8.56 Å². The molecular weight excluding hydrogens is 156 g/mol. The summed E-state index contributed by atoms with van der Waals surface area (Å²) in [6.07, 6.45) is 5.32. The van der Waals surface area contributed by atoms with Crippen LogP contribution >= 0.6 is 0 Å². The Kier molecular flexibility index (Phi) is 3.55. The Hall–Kier alpha value is 0.137. The third-order valence-electron chi connectivity index (χ3n) is 2.61. The van der Waals surface area contributed by atoms with E-state index in [9.17, 15) is 0 Å². The average molecular weight is 174 g/mol. The maximum atomic E-state index is 5.52. The Morgan fingerprint density at radius 2 is 1.27 bits per heavy atom. The van der Waals surface area contributed by atoms with Gasteiger partial charge in [0, 0.05) is 14.2 Å². The van der Waals surface area contributed by atoms with Gasteiger partial charge in [-0.2, -0.15) is 0 Å². The molecular formula is C8H18O2Si. The normalized spacial score (nSPS) is 24.5. The minimum absolute atomic E-state index is 1.19. The molecule has 0 spiro atoms. The highest BCUT2D eigenvalue weighted by Gasteiger charge is 2.35. The van der Waals surface area contributed by atoms with Gasteiger partial charge in [-0.15, -0.1) is 0 Å². The molecule has 66 valence electrons. The Morgan fingerprint density at radius 3 is 1.64 bits per heavy atom. The standard InChI is InChI=1S/C8H18O2Si/c1-9-11(10-2)7-5-3-4-6-8-11/h3-8H2,1-2H3. The fourth-order valence-electron chi connectivity index (χ4n) is 1.76. The summed E-state index contributed by atoms with van der Waals surface area (Å²) in [6, 6.07) is 2.39. The quantitative estimate of drug-likeness (QED) is 0.598. The van der Waals surface area contributed by atoms with Crippen molar-refractivity contribution in [1.29, 1.82) is 0 Å². The smallest absolute Gasteiger partial charge is 0.337 e. The molecule has 0 atom stereocenters. The topological polar surface area (TPSA) is 18.5 Å². The molecule has 0 bridgehead atoms. The summed E-state index contributed by atoms with van der Waals surface area (Å²) in [5.41, 5.74) is 0. The molecule has 0 unspecified atom stereocenters. The predicted molar refractivity (Wildman–Crippen MR) is 47.9 cm³/mol. The average Bonchev–Trinajstić information content (AvgIpc) is 2.30. The molecule has 0 aliphatic carbocycles. The second-order valence-corrected chi connectivity index (χ2v) is 6.87. The zero-order valence-corrected chi connectivity index (χ0v) is 8.56. The van der Waals surface area contributed by atoms with Gasteiger partial charge in [-0.3, -0.25) is 0 Å². The summed E-state index contributed by atoms with van der Waals surface area (Å²) >= 11 is 0. The minimum atomic E-state index is -1.68. The van der Waals surface area contributed by atoms with Crippen LogP contribution in [0, 0.1) is 0 Å². The first-order chi connectivity index (χ1) is 5.33. The van der Waals surface area contributed by atoms with E-state index in [0.29, 0.717) is 0 Å². The van der Waals surface area contributed by atoms with Gasteiger partial charge in [-0.25, -0.2) is 0 Å². The lowest BCUT2D eigenvalue weighted by atomic mass is 10.2. The first-order valence-corrected chi connectivity index (χ1v) is 6.66. The van der Waals surface area contributed by atoms with Crippen molar-refractivity contribution in [2.24, 2.45) is 0 Å². The zero-order valence-electron chi connectivity index (χ0n) is 7.56. The van der Waals surface area contributed by atoms with Gasteiger partial charge in [0.25, 0.3) is 0 Å². The Labute approximate surface area is 70.1 Å². The molecule has 0 saturated carbocycles. The second-order valence-electron chi connectivity index (χ2n) is 3.23. The highest BCUT2D eigenvalue weighted by Crippen LogP contribution is 2.27. The zero-order chi connectivity index (χ0) is 8.16. The van der Waals surface area contributed by atoms with E-state index in [-0.39, 0.29) is 0 Å². The van der Waals surface area contributed by atoms with E-state index >= 15 is 0 Å². The van der Waals surface area contributed by atoms with Gasteiger partial charge in [-0.1, -0.05) is 25.7 Å². The number of rotatable bonds is 2. The lowest BCUT2D eigenvalue weighted by Gasteiger charge is -2.25. The van der Waals surface area contributed by atoms with Crippen molar-refractivity contribution in [3.05, 3.63) is 0 Å². The Balaban J connectivity index is 2.49. The molecule has 1 rings (SSSR count). The van der Waals surface area contributed by atoms with E-state index in [1.54, 1.807) is 14.2 Å². The monoisotopic (exact) mass is 174 g/mol. The van der Waals surface area contributed by atoms with Crippen LogP contribution in [0.4, 0.5) is 0 Å². The van der Waals surface area contributed by atoms with Crippen LogP contribution in [-0.2, 0) is 8.85 Å². The van der Waals surface area contributed by atoms with Crippen molar-refractivity contribution in [2.75, 3.05) is 14.2 Å². The van der Waals surface area contributed by atoms with E-state index in [0.717, 1.165) is 0 Å². The molecule has 0 radical (unpaired) electrons. The molecule has 0 aromatic heterocycles. The molecule has 0 aromatic rings. The lowest BCUT2D eigenvalue weighted by Crippen LogP contribution is -2.38. The maximum Gasteiger partial charge on any atom is 0.337 e. The van der Waals surface area contributed by atoms with Crippen LogP contribution in [0.25, 0.3) is 0 Å². The van der Waals surface area contributed by atoms with Gasteiger partial charge in [0.2, 0.25) is 0 Å². The van der Waals surface area contributed by atoms with Gasteiger partial charge >= 0.3 is 8.56 Å². The van der Waals surface area contributed by atoms with Crippen molar-refractivity contribution in [3.63, 3.8) is 0 Å². The highest BCUT2D eigenvalue weighted by molar-refractivity contribution is 6.67. The molecule has 3 heteroatoms. The fraction of sp³-hybridized carbons (Fsp3) is 1.00. The summed E-state index contributed by atoms with van der Waals surface area (Å²) < 4.78 is 11.0. The Bertz CT molecular complexity index is 103. The van der Waals surface area contributed by atoms with Crippen LogP contribution in [0.1, 0.15) is 25.7 Å². The van der Waals surface area contributed by atoms with Crippen LogP contribution < -0.4 is 0 Å². The summed E-state index contributed by atoms with van der Waals surface area (Å²) in [5, 5.41) is 0. The fourth-order valence-corrected chi connectivity index (χ4v) is 4.57. The van der Waals surface area contributed by atoms with Gasteiger partial charge < -0.3 is 8.85 Å². The van der Waals surface area contributed by atoms with Gasteiger partial charge in [0.05, 0.1) is 0 Å². The van der Waals surface area contributed by atoms with Gasteiger partial charge in [0.15, 0.2) is 0 Å². The summed E-state index contributed by atoms with van der Waals surface area (Å²) in [7, 11) is 1.93. The van der Waals surface area contributed by atoms with Crippen molar-refractivity contribution in [1.82, 2.24) is 0 Å². The predicted octanol–water partition coefficient (Wildman–Crippen LogP) is 2.30. The second kappa shape index (κ2) is 4.23. The van der Waals surface area contributed by atoms with Crippen LogP contribution in [0.2, 0.25) is 12.1 Å². The number of hydrogen-bond acceptors (Lipinski definition) is 2. The molecule has 1 saturated heterocycles. The van der Waals surface area contributed by atoms with Crippen LogP contribution in [0.5, 0.6) is 0 Å². The highest BCUT2D eigenvalue weighted by atomic mass is 28.4. The van der Waals surface area contributed by atoms with Crippen LogP contribution in [0.15, 0.2) is 0 Å². The van der Waals surface area contributed by atoms with Crippen molar-refractivity contribution >= 4 is 8.56 Å². The molecule has 1 fully saturated rings. The maximum absolute atomic E-state index is 5.52. The third kappa shape index (κ3) is 2.29. The van der Waals surface area contributed by atoms with Crippen molar-refractivity contribution in [2.45, 2.75) is 37.8 Å². The minimum Gasteiger partial charge on any atom is -0.398 e.